The van der Waals surface area contributed by atoms with Crippen molar-refractivity contribution in [2.75, 3.05) is 21.3 Å². The molecule has 31 heavy (non-hydrogen) atoms. The number of hydrogen-bond acceptors (Lipinski definition) is 8. The Kier molecular flexibility index (Phi) is 5.64. The summed E-state index contributed by atoms with van der Waals surface area (Å²) in [6.07, 6.45) is 0. The minimum atomic E-state index is -0.617. The Bertz CT molecular complexity index is 1280. The normalized spacial score (nSPS) is 10.7. The zero-order valence-electron chi connectivity index (χ0n) is 17.0. The van der Waals surface area contributed by atoms with Crippen molar-refractivity contribution in [3.63, 3.8) is 0 Å². The number of methoxy groups -OCH3 is 3. The van der Waals surface area contributed by atoms with Gasteiger partial charge in [-0.15, -0.1) is 0 Å². The Balaban J connectivity index is 1.75. The fraction of sp³-hybridized carbons (Fsp3) is 0.130. The summed E-state index contributed by atoms with van der Waals surface area (Å²) in [6, 6.07) is 15.7. The van der Waals surface area contributed by atoms with Crippen LogP contribution < -0.4 is 23.9 Å². The monoisotopic (exact) mass is 438 g/mol. The van der Waals surface area contributed by atoms with Crippen LogP contribution in [0, 0.1) is 0 Å². The second-order valence-corrected chi connectivity index (χ2v) is 7.40. The van der Waals surface area contributed by atoms with Gasteiger partial charge in [-0.25, -0.2) is 9.59 Å². The maximum Gasteiger partial charge on any atom is 0.396 e. The lowest BCUT2D eigenvalue weighted by Crippen LogP contribution is -2.09. The van der Waals surface area contributed by atoms with E-state index < -0.39 is 10.9 Å². The van der Waals surface area contributed by atoms with E-state index in [1.54, 1.807) is 12.1 Å². The highest BCUT2D eigenvalue weighted by Gasteiger charge is 2.20. The van der Waals surface area contributed by atoms with Crippen LogP contribution in [-0.4, -0.2) is 27.3 Å². The second kappa shape index (κ2) is 8.53. The molecule has 0 saturated carbocycles. The molecule has 158 valence electrons. The van der Waals surface area contributed by atoms with Crippen LogP contribution in [0.1, 0.15) is 10.4 Å². The number of rotatable bonds is 6. The molecule has 0 N–H and O–H groups in total. The maximum atomic E-state index is 12.9. The van der Waals surface area contributed by atoms with Gasteiger partial charge in [0, 0.05) is 11.6 Å². The summed E-state index contributed by atoms with van der Waals surface area (Å²) < 4.78 is 27.5. The zero-order valence-corrected chi connectivity index (χ0v) is 17.8. The molecule has 4 rings (SSSR count). The van der Waals surface area contributed by atoms with Crippen LogP contribution in [0.4, 0.5) is 0 Å². The fourth-order valence-electron chi connectivity index (χ4n) is 3.21. The molecule has 0 fully saturated rings. The maximum absolute atomic E-state index is 12.9. The van der Waals surface area contributed by atoms with Crippen molar-refractivity contribution < 1.29 is 28.2 Å². The molecule has 0 bridgehead atoms. The van der Waals surface area contributed by atoms with Crippen LogP contribution >= 0.6 is 11.3 Å². The third-order valence-corrected chi connectivity index (χ3v) is 5.38. The van der Waals surface area contributed by atoms with Crippen LogP contribution in [0.2, 0.25) is 0 Å². The third kappa shape index (κ3) is 3.97. The Morgan fingerprint density at radius 3 is 2.19 bits per heavy atom. The number of ether oxygens (including phenoxy) is 4. The van der Waals surface area contributed by atoms with Crippen molar-refractivity contribution in [2.45, 2.75) is 0 Å². The van der Waals surface area contributed by atoms with E-state index in [-0.39, 0.29) is 11.3 Å². The average molecular weight is 438 g/mol. The van der Waals surface area contributed by atoms with E-state index in [1.165, 1.54) is 33.5 Å². The summed E-state index contributed by atoms with van der Waals surface area (Å²) in [5.41, 5.74) is 2.16. The van der Waals surface area contributed by atoms with Gasteiger partial charge in [0.05, 0.1) is 31.6 Å². The molecule has 3 aromatic carbocycles. The van der Waals surface area contributed by atoms with Crippen LogP contribution in [0.5, 0.6) is 23.0 Å². The summed E-state index contributed by atoms with van der Waals surface area (Å²) >= 11 is 0.945. The van der Waals surface area contributed by atoms with Crippen molar-refractivity contribution in [2.24, 2.45) is 0 Å². The van der Waals surface area contributed by atoms with Crippen LogP contribution in [-0.2, 0) is 0 Å². The highest BCUT2D eigenvalue weighted by atomic mass is 32.1. The Morgan fingerprint density at radius 2 is 1.58 bits per heavy atom. The van der Waals surface area contributed by atoms with Crippen LogP contribution in [0.25, 0.3) is 21.4 Å². The first-order chi connectivity index (χ1) is 15.0. The quantitative estimate of drug-likeness (QED) is 0.317. The van der Waals surface area contributed by atoms with Crippen molar-refractivity contribution in [1.82, 2.24) is 0 Å². The van der Waals surface area contributed by atoms with Gasteiger partial charge < -0.3 is 23.4 Å². The molecule has 0 aliphatic carbocycles. The predicted molar refractivity (Wildman–Crippen MR) is 117 cm³/mol. The summed E-state index contributed by atoms with van der Waals surface area (Å²) in [7, 11) is 4.41. The van der Waals surface area contributed by atoms with Gasteiger partial charge >= 0.3 is 10.9 Å². The Morgan fingerprint density at radius 1 is 0.903 bits per heavy atom. The molecule has 0 radical (unpaired) electrons. The minimum Gasteiger partial charge on any atom is -0.493 e. The summed E-state index contributed by atoms with van der Waals surface area (Å²) in [5, 5.41) is 0. The molecule has 0 atom stereocenters. The average Bonchev–Trinajstić information content (AvgIpc) is 3.17. The van der Waals surface area contributed by atoms with Gasteiger partial charge in [0.2, 0.25) is 5.75 Å². The molecule has 8 heteroatoms. The topological polar surface area (TPSA) is 84.2 Å². The smallest absolute Gasteiger partial charge is 0.396 e. The van der Waals surface area contributed by atoms with Crippen LogP contribution in [0.3, 0.4) is 0 Å². The van der Waals surface area contributed by atoms with Gasteiger partial charge in [-0.3, -0.25) is 0 Å². The van der Waals surface area contributed by atoms with E-state index in [1.807, 2.05) is 30.3 Å². The highest BCUT2D eigenvalue weighted by Crippen LogP contribution is 2.39. The third-order valence-electron chi connectivity index (χ3n) is 4.60. The van der Waals surface area contributed by atoms with E-state index >= 15 is 0 Å². The summed E-state index contributed by atoms with van der Waals surface area (Å²) in [5.74, 6) is 0.706. The molecule has 4 aromatic rings. The first-order valence-corrected chi connectivity index (χ1v) is 10.0. The van der Waals surface area contributed by atoms with Crippen molar-refractivity contribution in [3.05, 3.63) is 69.9 Å². The van der Waals surface area contributed by atoms with Gasteiger partial charge in [-0.05, 0) is 23.8 Å². The first-order valence-electron chi connectivity index (χ1n) is 9.19. The van der Waals surface area contributed by atoms with Crippen LogP contribution in [0.15, 0.2) is 63.8 Å². The molecule has 7 nitrogen and oxygen atoms in total. The van der Waals surface area contributed by atoms with E-state index in [9.17, 15) is 9.59 Å². The van der Waals surface area contributed by atoms with Crippen molar-refractivity contribution in [1.29, 1.82) is 0 Å². The number of hydrogen-bond donors (Lipinski definition) is 0. The molecular formula is C23H18O7S. The molecule has 0 spiro atoms. The molecule has 0 amide bonds. The Hall–Kier alpha value is -3.78. The van der Waals surface area contributed by atoms with Crippen molar-refractivity contribution in [3.8, 4) is 34.1 Å². The second-order valence-electron chi connectivity index (χ2n) is 6.42. The number of carbonyl (C=O) groups excluding carboxylic acids is 1. The number of benzene rings is 3. The molecule has 1 heterocycles. The van der Waals surface area contributed by atoms with Gasteiger partial charge in [0.1, 0.15) is 5.75 Å². The van der Waals surface area contributed by atoms with Crippen molar-refractivity contribution >= 4 is 27.6 Å². The Labute approximate surface area is 181 Å². The van der Waals surface area contributed by atoms with Gasteiger partial charge in [-0.2, -0.15) is 0 Å². The molecule has 0 aliphatic rings. The zero-order chi connectivity index (χ0) is 22.0. The van der Waals surface area contributed by atoms with Gasteiger partial charge in [0.15, 0.2) is 17.1 Å². The van der Waals surface area contributed by atoms with E-state index in [0.717, 1.165) is 16.9 Å². The van der Waals surface area contributed by atoms with Gasteiger partial charge in [0.25, 0.3) is 0 Å². The molecule has 0 unspecified atom stereocenters. The lowest BCUT2D eigenvalue weighted by molar-refractivity contribution is 0.0734. The van der Waals surface area contributed by atoms with Gasteiger partial charge in [-0.1, -0.05) is 41.7 Å². The van der Waals surface area contributed by atoms with E-state index in [2.05, 4.69) is 0 Å². The minimum absolute atomic E-state index is 0.219. The summed E-state index contributed by atoms with van der Waals surface area (Å²) in [4.78, 5) is 24.3. The fourth-order valence-corrected chi connectivity index (χ4v) is 3.93. The summed E-state index contributed by atoms with van der Waals surface area (Å²) in [6.45, 7) is 0. The predicted octanol–water partition coefficient (Wildman–Crippen LogP) is 4.77. The molecule has 0 aliphatic heterocycles. The lowest BCUT2D eigenvalue weighted by Gasteiger charge is -2.14. The molecule has 0 saturated heterocycles. The van der Waals surface area contributed by atoms with E-state index in [0.29, 0.717) is 33.1 Å². The highest BCUT2D eigenvalue weighted by molar-refractivity contribution is 7.16. The standard InChI is InChI=1S/C23H18O7S/c1-26-17-9-14(10-18(27-2)21(17)28-3)22(24)29-15-11-16(13-7-5-4-6-8-13)20-19(12-15)31-23(25)30-20/h4-12H,1-3H3. The first kappa shape index (κ1) is 20.5. The molecular weight excluding hydrogens is 420 g/mol. The number of fused-ring (bicyclic) bond motifs is 1. The largest absolute Gasteiger partial charge is 0.493 e. The number of esters is 1. The lowest BCUT2D eigenvalue weighted by atomic mass is 10.0. The molecule has 1 aromatic heterocycles. The SMILES string of the molecule is COc1cc(C(=O)Oc2cc(-c3ccccc3)c3oc(=O)sc3c2)cc(OC)c1OC. The number of carbonyl (C=O) groups is 1. The van der Waals surface area contributed by atoms with E-state index in [4.69, 9.17) is 23.4 Å².